The molecule has 1 saturated heterocycles. The Morgan fingerprint density at radius 2 is 2.00 bits per heavy atom. The van der Waals surface area contributed by atoms with Gasteiger partial charge in [-0.3, -0.25) is 0 Å². The van der Waals surface area contributed by atoms with E-state index >= 15 is 0 Å². The molecule has 0 bridgehead atoms. The Morgan fingerprint density at radius 3 is 2.58 bits per heavy atom. The van der Waals surface area contributed by atoms with E-state index in [9.17, 15) is 0 Å². The first kappa shape index (κ1) is 8.69. The van der Waals surface area contributed by atoms with E-state index < -0.39 is 0 Å². The van der Waals surface area contributed by atoms with Crippen molar-refractivity contribution in [3.8, 4) is 35.5 Å². The quantitative estimate of drug-likeness (QED) is 0.425. The van der Waals surface area contributed by atoms with Gasteiger partial charge in [0, 0.05) is 0 Å². The number of aliphatic hydroxyl groups excluding tert-OH is 1. The fraction of sp³-hybridized carbons (Fsp3) is 0.400. The van der Waals surface area contributed by atoms with Gasteiger partial charge in [0.25, 0.3) is 0 Å². The first-order valence-electron chi connectivity index (χ1n) is 3.57. The first-order valence-corrected chi connectivity index (χ1v) is 3.57. The summed E-state index contributed by atoms with van der Waals surface area (Å²) in [5.41, 5.74) is 0. The van der Waals surface area contributed by atoms with Crippen LogP contribution in [0.3, 0.4) is 0 Å². The minimum Gasteiger partial charge on any atom is -0.394 e. The molecule has 0 saturated carbocycles. The van der Waals surface area contributed by atoms with E-state index in [1.165, 1.54) is 0 Å². The second-order valence-corrected chi connectivity index (χ2v) is 2.17. The third-order valence-electron chi connectivity index (χ3n) is 1.29. The van der Waals surface area contributed by atoms with Crippen LogP contribution in [0.25, 0.3) is 0 Å². The molecule has 1 aliphatic rings. The van der Waals surface area contributed by atoms with Gasteiger partial charge in [-0.15, -0.1) is 0 Å². The molecule has 0 spiro atoms. The summed E-state index contributed by atoms with van der Waals surface area (Å²) in [6.07, 6.45) is -0.226. The molecule has 60 valence electrons. The van der Waals surface area contributed by atoms with Crippen molar-refractivity contribution in [2.24, 2.45) is 0 Å². The van der Waals surface area contributed by atoms with Crippen molar-refractivity contribution in [3.05, 3.63) is 0 Å². The highest BCUT2D eigenvalue weighted by Crippen LogP contribution is 2.19. The Morgan fingerprint density at radius 1 is 1.25 bits per heavy atom. The van der Waals surface area contributed by atoms with E-state index in [0.717, 1.165) is 0 Å². The highest BCUT2D eigenvalue weighted by molar-refractivity contribution is 5.36. The average Bonchev–Trinajstić information content (AvgIpc) is 2.83. The monoisotopic (exact) mass is 160 g/mol. The lowest BCUT2D eigenvalue weighted by molar-refractivity contribution is 0.243. The van der Waals surface area contributed by atoms with E-state index in [-0.39, 0.29) is 18.8 Å². The summed E-state index contributed by atoms with van der Waals surface area (Å²) in [4.78, 5) is 0. The van der Waals surface area contributed by atoms with Gasteiger partial charge in [-0.1, -0.05) is 11.8 Å². The standard InChI is InChI=1S/C10H8O2/c1-2-3-4-5-6-7-9-10(8-11)12-9/h9-11H,8H2,1H3/t9-,10+/m1/s1. The topological polar surface area (TPSA) is 32.8 Å². The zero-order chi connectivity index (χ0) is 8.81. The predicted octanol–water partition coefficient (Wildman–Crippen LogP) is -0.224. The third kappa shape index (κ3) is 2.69. The maximum absolute atomic E-state index is 8.57. The summed E-state index contributed by atoms with van der Waals surface area (Å²) >= 11 is 0. The van der Waals surface area contributed by atoms with Gasteiger partial charge in [-0.2, -0.15) is 0 Å². The van der Waals surface area contributed by atoms with Gasteiger partial charge in [-0.25, -0.2) is 0 Å². The molecule has 2 heteroatoms. The largest absolute Gasteiger partial charge is 0.394 e. The summed E-state index contributed by atoms with van der Waals surface area (Å²) in [6, 6.07) is 0. The van der Waals surface area contributed by atoms with Gasteiger partial charge in [0.1, 0.15) is 12.2 Å². The van der Waals surface area contributed by atoms with Gasteiger partial charge < -0.3 is 9.84 Å². The van der Waals surface area contributed by atoms with Gasteiger partial charge >= 0.3 is 0 Å². The molecule has 1 fully saturated rings. The van der Waals surface area contributed by atoms with Crippen LogP contribution in [0.5, 0.6) is 0 Å². The summed E-state index contributed by atoms with van der Waals surface area (Å²) < 4.78 is 4.95. The van der Waals surface area contributed by atoms with Crippen molar-refractivity contribution in [3.63, 3.8) is 0 Å². The Kier molecular flexibility index (Phi) is 3.24. The molecule has 12 heavy (non-hydrogen) atoms. The summed E-state index contributed by atoms with van der Waals surface area (Å²) in [7, 11) is 0. The summed E-state index contributed by atoms with van der Waals surface area (Å²) in [5, 5.41) is 8.57. The summed E-state index contributed by atoms with van der Waals surface area (Å²) in [6.45, 7) is 1.75. The zero-order valence-electron chi connectivity index (χ0n) is 6.72. The average molecular weight is 160 g/mol. The SMILES string of the molecule is CC#CC#CC#C[C@H]1O[C@H]1CO. The number of ether oxygens (including phenoxy) is 1. The Balaban J connectivity index is 2.31. The molecule has 2 atom stereocenters. The number of aliphatic hydroxyl groups is 1. The maximum Gasteiger partial charge on any atom is 0.148 e. The molecule has 0 aliphatic carbocycles. The smallest absolute Gasteiger partial charge is 0.148 e. The normalized spacial score (nSPS) is 23.5. The van der Waals surface area contributed by atoms with Gasteiger partial charge in [0.05, 0.1) is 6.61 Å². The van der Waals surface area contributed by atoms with Crippen LogP contribution in [0.15, 0.2) is 0 Å². The van der Waals surface area contributed by atoms with E-state index in [1.54, 1.807) is 6.92 Å². The van der Waals surface area contributed by atoms with Crippen molar-refractivity contribution in [1.29, 1.82) is 0 Å². The zero-order valence-corrected chi connectivity index (χ0v) is 6.72. The van der Waals surface area contributed by atoms with Gasteiger partial charge in [-0.05, 0) is 30.6 Å². The molecule has 0 aromatic heterocycles. The molecule has 0 aromatic rings. The molecule has 0 unspecified atom stereocenters. The lowest BCUT2D eigenvalue weighted by Gasteiger charge is -1.73. The highest BCUT2D eigenvalue weighted by Gasteiger charge is 2.36. The number of epoxide rings is 1. The van der Waals surface area contributed by atoms with Crippen molar-refractivity contribution in [2.75, 3.05) is 6.61 Å². The molecule has 2 nitrogen and oxygen atoms in total. The molecule has 0 aromatic carbocycles. The Hall–Kier alpha value is -1.40. The molecule has 0 amide bonds. The van der Waals surface area contributed by atoms with Crippen molar-refractivity contribution in [2.45, 2.75) is 19.1 Å². The van der Waals surface area contributed by atoms with E-state index in [1.807, 2.05) is 0 Å². The van der Waals surface area contributed by atoms with Crippen LogP contribution in [0, 0.1) is 35.5 Å². The minimum atomic E-state index is -0.126. The maximum atomic E-state index is 8.57. The second kappa shape index (κ2) is 4.47. The molecule has 1 aliphatic heterocycles. The van der Waals surface area contributed by atoms with Crippen molar-refractivity contribution in [1.82, 2.24) is 0 Å². The minimum absolute atomic E-state index is 0.0293. The fourth-order valence-electron chi connectivity index (χ4n) is 0.641. The van der Waals surface area contributed by atoms with E-state index in [4.69, 9.17) is 9.84 Å². The highest BCUT2D eigenvalue weighted by atomic mass is 16.6. The van der Waals surface area contributed by atoms with Crippen LogP contribution < -0.4 is 0 Å². The molecule has 1 N–H and O–H groups in total. The lowest BCUT2D eigenvalue weighted by atomic mass is 10.3. The third-order valence-corrected chi connectivity index (χ3v) is 1.29. The molecular formula is C10H8O2. The van der Waals surface area contributed by atoms with Crippen LogP contribution in [-0.2, 0) is 4.74 Å². The van der Waals surface area contributed by atoms with Crippen LogP contribution in [0.2, 0.25) is 0 Å². The van der Waals surface area contributed by atoms with E-state index in [0.29, 0.717) is 0 Å². The van der Waals surface area contributed by atoms with Crippen LogP contribution in [-0.4, -0.2) is 23.9 Å². The van der Waals surface area contributed by atoms with Crippen LogP contribution >= 0.6 is 0 Å². The lowest BCUT2D eigenvalue weighted by Crippen LogP contribution is -1.95. The van der Waals surface area contributed by atoms with E-state index in [2.05, 4.69) is 35.5 Å². The first-order chi connectivity index (χ1) is 5.88. The number of rotatable bonds is 1. The fourth-order valence-corrected chi connectivity index (χ4v) is 0.641. The molecule has 1 rings (SSSR count). The molecule has 1 heterocycles. The van der Waals surface area contributed by atoms with Crippen molar-refractivity contribution >= 4 is 0 Å². The van der Waals surface area contributed by atoms with Crippen molar-refractivity contribution < 1.29 is 9.84 Å². The summed E-state index contributed by atoms with van der Waals surface area (Å²) in [5.74, 6) is 15.6. The van der Waals surface area contributed by atoms with Gasteiger partial charge in [0.15, 0.2) is 0 Å². The second-order valence-electron chi connectivity index (χ2n) is 2.17. The molecule has 0 radical (unpaired) electrons. The number of hydrogen-bond acceptors (Lipinski definition) is 2. The predicted molar refractivity (Wildman–Crippen MR) is 44.7 cm³/mol. The molecular weight excluding hydrogens is 152 g/mol. The van der Waals surface area contributed by atoms with Gasteiger partial charge in [0.2, 0.25) is 0 Å². The van der Waals surface area contributed by atoms with Crippen LogP contribution in [0.4, 0.5) is 0 Å². The Bertz CT molecular complexity index is 324. The number of hydrogen-bond donors (Lipinski definition) is 1. The van der Waals surface area contributed by atoms with Crippen LogP contribution in [0.1, 0.15) is 6.92 Å². The Labute approximate surface area is 71.9 Å².